The van der Waals surface area contributed by atoms with Gasteiger partial charge in [-0.05, 0) is 96.9 Å². The van der Waals surface area contributed by atoms with Crippen LogP contribution in [0.4, 0.5) is 0 Å². The predicted octanol–water partition coefficient (Wildman–Crippen LogP) is 4.03. The minimum atomic E-state index is -1.66. The molecule has 6 nitrogen and oxygen atoms in total. The van der Waals surface area contributed by atoms with Crippen molar-refractivity contribution in [2.45, 2.75) is 57.7 Å². The van der Waals surface area contributed by atoms with Crippen molar-refractivity contribution < 1.29 is 29.3 Å². The molecule has 0 heterocycles. The van der Waals surface area contributed by atoms with Gasteiger partial charge in [0.1, 0.15) is 5.60 Å². The molecule has 3 saturated carbocycles. The Morgan fingerprint density at radius 3 is 2.74 bits per heavy atom. The van der Waals surface area contributed by atoms with E-state index >= 15 is 0 Å². The third kappa shape index (κ3) is 3.76. The van der Waals surface area contributed by atoms with Gasteiger partial charge in [-0.15, -0.1) is 0 Å². The number of halogens is 1. The van der Waals surface area contributed by atoms with Crippen molar-refractivity contribution in [2.24, 2.45) is 28.6 Å². The standard InChI is InChI=1S/C28H31IO6/c1-26-10-8-19(30)13-17(26)6-7-20-21-9-11-28(34,27(21,2)14-22(31)24(20)26)23(32)15-35-25(33)16-4-3-5-18(29)12-16/h3-5,8,10,12-13,20-22,24,31,34H,6-7,9,11,14-15H2,1-2H3/t20-,21-,22-,24+,26-,27-,28-/m0/s1. The summed E-state index contributed by atoms with van der Waals surface area (Å²) >= 11 is 2.10. The highest BCUT2D eigenvalue weighted by molar-refractivity contribution is 14.1. The smallest absolute Gasteiger partial charge is 0.338 e. The molecule has 0 amide bonds. The molecule has 3 fully saturated rings. The molecule has 0 aromatic heterocycles. The number of ether oxygens (including phenoxy) is 1. The minimum Gasteiger partial charge on any atom is -0.454 e. The summed E-state index contributed by atoms with van der Waals surface area (Å²) in [5.74, 6) is -0.993. The highest BCUT2D eigenvalue weighted by Gasteiger charge is 2.68. The van der Waals surface area contributed by atoms with E-state index in [0.717, 1.165) is 22.0 Å². The normalized spacial score (nSPS) is 39.8. The number of fused-ring (bicyclic) bond motifs is 5. The first kappa shape index (κ1) is 24.8. The third-order valence-electron chi connectivity index (χ3n) is 9.50. The van der Waals surface area contributed by atoms with Crippen molar-refractivity contribution in [3.05, 3.63) is 57.2 Å². The van der Waals surface area contributed by atoms with Gasteiger partial charge in [0.05, 0.1) is 11.7 Å². The number of carbonyl (C=O) groups is 3. The SMILES string of the molecule is C[C@]12C=CC(=O)C=C1CC[C@@H]1[C@@H]2[C@@H](O)C[C@@]2(C)[C@H]1CC[C@]2(O)C(=O)COC(=O)c1cccc(I)c1. The molecule has 0 aliphatic heterocycles. The zero-order valence-corrected chi connectivity index (χ0v) is 22.2. The summed E-state index contributed by atoms with van der Waals surface area (Å²) in [4.78, 5) is 37.8. The Hall–Kier alpha value is -1.84. The van der Waals surface area contributed by atoms with Crippen LogP contribution >= 0.6 is 22.6 Å². The second-order valence-corrected chi connectivity index (χ2v) is 12.4. The maximum Gasteiger partial charge on any atom is 0.338 e. The topological polar surface area (TPSA) is 101 Å². The number of hydrogen-bond donors (Lipinski definition) is 2. The fourth-order valence-electron chi connectivity index (χ4n) is 7.74. The van der Waals surface area contributed by atoms with E-state index in [9.17, 15) is 24.6 Å². The molecule has 1 aromatic carbocycles. The molecule has 7 heteroatoms. The van der Waals surface area contributed by atoms with E-state index in [-0.39, 0.29) is 36.4 Å². The van der Waals surface area contributed by atoms with E-state index in [1.165, 1.54) is 0 Å². The van der Waals surface area contributed by atoms with Crippen molar-refractivity contribution in [1.82, 2.24) is 0 Å². The molecule has 5 rings (SSSR count). The highest BCUT2D eigenvalue weighted by Crippen LogP contribution is 2.67. The number of benzene rings is 1. The number of carbonyl (C=O) groups excluding carboxylic acids is 3. The Bertz CT molecular complexity index is 1160. The fourth-order valence-corrected chi connectivity index (χ4v) is 8.28. The van der Waals surface area contributed by atoms with Crippen molar-refractivity contribution in [3.63, 3.8) is 0 Å². The average Bonchev–Trinajstić information content (AvgIpc) is 3.08. The van der Waals surface area contributed by atoms with E-state index < -0.39 is 40.9 Å². The fraction of sp³-hybridized carbons (Fsp3) is 0.536. The van der Waals surface area contributed by atoms with Gasteiger partial charge in [-0.1, -0.05) is 31.6 Å². The number of aliphatic hydroxyl groups excluding tert-OH is 1. The van der Waals surface area contributed by atoms with Gasteiger partial charge >= 0.3 is 5.97 Å². The summed E-state index contributed by atoms with van der Waals surface area (Å²) < 4.78 is 6.20. The molecule has 186 valence electrons. The van der Waals surface area contributed by atoms with Crippen molar-refractivity contribution in [3.8, 4) is 0 Å². The van der Waals surface area contributed by atoms with E-state index in [1.54, 1.807) is 30.4 Å². The first-order chi connectivity index (χ1) is 16.5. The second-order valence-electron chi connectivity index (χ2n) is 11.1. The summed E-state index contributed by atoms with van der Waals surface area (Å²) in [5, 5.41) is 23.2. The molecule has 0 radical (unpaired) electrons. The summed E-state index contributed by atoms with van der Waals surface area (Å²) in [5.41, 5.74) is -1.44. The van der Waals surface area contributed by atoms with Gasteiger partial charge in [0, 0.05) is 20.3 Å². The van der Waals surface area contributed by atoms with Gasteiger partial charge in [-0.2, -0.15) is 0 Å². The summed E-state index contributed by atoms with van der Waals surface area (Å²) in [6, 6.07) is 6.93. The quantitative estimate of drug-likeness (QED) is 0.406. The molecule has 4 aliphatic rings. The molecule has 7 atom stereocenters. The van der Waals surface area contributed by atoms with Crippen LogP contribution in [0.15, 0.2) is 48.1 Å². The molecule has 35 heavy (non-hydrogen) atoms. The number of esters is 1. The summed E-state index contributed by atoms with van der Waals surface area (Å²) in [6.45, 7) is 3.51. The van der Waals surface area contributed by atoms with Crippen molar-refractivity contribution in [1.29, 1.82) is 0 Å². The largest absolute Gasteiger partial charge is 0.454 e. The van der Waals surface area contributed by atoms with Gasteiger partial charge in [0.25, 0.3) is 0 Å². The second kappa shape index (κ2) is 8.63. The van der Waals surface area contributed by atoms with Crippen LogP contribution in [-0.2, 0) is 14.3 Å². The molecule has 1 aromatic rings. The Kier molecular flexibility index (Phi) is 6.12. The number of Topliss-reactive ketones (excluding diaryl/α,β-unsaturated/α-hetero) is 1. The van der Waals surface area contributed by atoms with Gasteiger partial charge in [0.2, 0.25) is 5.78 Å². The molecule has 2 N–H and O–H groups in total. The average molecular weight is 590 g/mol. The first-order valence-electron chi connectivity index (χ1n) is 12.3. The van der Waals surface area contributed by atoms with Gasteiger partial charge in [-0.25, -0.2) is 4.79 Å². The summed E-state index contributed by atoms with van der Waals surface area (Å²) in [6.07, 6.45) is 7.38. The number of allylic oxidation sites excluding steroid dienone is 4. The lowest BCUT2D eigenvalue weighted by Gasteiger charge is -2.59. The minimum absolute atomic E-state index is 0.00772. The molecule has 0 saturated heterocycles. The Morgan fingerprint density at radius 1 is 1.23 bits per heavy atom. The van der Waals surface area contributed by atoms with Crippen molar-refractivity contribution >= 4 is 40.1 Å². The zero-order valence-electron chi connectivity index (χ0n) is 20.0. The molecule has 0 bridgehead atoms. The monoisotopic (exact) mass is 590 g/mol. The summed E-state index contributed by atoms with van der Waals surface area (Å²) in [7, 11) is 0. The Morgan fingerprint density at radius 2 is 2.00 bits per heavy atom. The number of aliphatic hydroxyl groups is 2. The molecule has 0 spiro atoms. The lowest BCUT2D eigenvalue weighted by atomic mass is 9.46. The number of ketones is 2. The van der Waals surface area contributed by atoms with Crippen LogP contribution in [-0.4, -0.2) is 46.1 Å². The number of hydrogen-bond acceptors (Lipinski definition) is 6. The highest BCUT2D eigenvalue weighted by atomic mass is 127. The van der Waals surface area contributed by atoms with E-state index in [0.29, 0.717) is 12.0 Å². The lowest BCUT2D eigenvalue weighted by molar-refractivity contribution is -0.178. The molecular weight excluding hydrogens is 559 g/mol. The Labute approximate surface area is 219 Å². The predicted molar refractivity (Wildman–Crippen MR) is 137 cm³/mol. The van der Waals surface area contributed by atoms with Crippen LogP contribution < -0.4 is 0 Å². The first-order valence-corrected chi connectivity index (χ1v) is 13.4. The van der Waals surface area contributed by atoms with Crippen LogP contribution in [0.1, 0.15) is 56.3 Å². The van der Waals surface area contributed by atoms with Crippen LogP contribution in [0.3, 0.4) is 0 Å². The van der Waals surface area contributed by atoms with E-state index in [1.807, 2.05) is 19.1 Å². The van der Waals surface area contributed by atoms with E-state index in [4.69, 9.17) is 4.74 Å². The lowest BCUT2D eigenvalue weighted by Crippen LogP contribution is -2.61. The van der Waals surface area contributed by atoms with Gasteiger partial charge in [-0.3, -0.25) is 9.59 Å². The zero-order chi connectivity index (χ0) is 25.2. The molecular formula is C28H31IO6. The van der Waals surface area contributed by atoms with Crippen LogP contribution in [0, 0.1) is 32.2 Å². The van der Waals surface area contributed by atoms with Crippen LogP contribution in [0.2, 0.25) is 0 Å². The molecule has 0 unspecified atom stereocenters. The maximum absolute atomic E-state index is 13.4. The van der Waals surface area contributed by atoms with Gasteiger partial charge in [0.15, 0.2) is 12.4 Å². The van der Waals surface area contributed by atoms with Gasteiger partial charge < -0.3 is 14.9 Å². The van der Waals surface area contributed by atoms with E-state index in [2.05, 4.69) is 29.5 Å². The van der Waals surface area contributed by atoms with Crippen LogP contribution in [0.25, 0.3) is 0 Å². The maximum atomic E-state index is 13.4. The van der Waals surface area contributed by atoms with Crippen molar-refractivity contribution in [2.75, 3.05) is 6.61 Å². The Balaban J connectivity index is 1.36. The third-order valence-corrected chi connectivity index (χ3v) is 10.2. The molecule has 4 aliphatic carbocycles. The van der Waals surface area contributed by atoms with Crippen LogP contribution in [0.5, 0.6) is 0 Å². The number of rotatable bonds is 4.